The van der Waals surface area contributed by atoms with Gasteiger partial charge in [0.1, 0.15) is 5.76 Å². The van der Waals surface area contributed by atoms with E-state index in [1.807, 2.05) is 26.0 Å². The molecule has 4 nitrogen and oxygen atoms in total. The van der Waals surface area contributed by atoms with Crippen LogP contribution in [-0.2, 0) is 0 Å². The van der Waals surface area contributed by atoms with Crippen LogP contribution in [0, 0.1) is 13.8 Å². The number of aromatic nitrogens is 2. The van der Waals surface area contributed by atoms with Crippen molar-refractivity contribution in [2.45, 2.75) is 33.1 Å². The molecule has 0 aliphatic heterocycles. The minimum atomic E-state index is -0.255. The van der Waals surface area contributed by atoms with E-state index in [4.69, 9.17) is 4.52 Å². The standard InChI is InChI=1S/C14H16N2O2/c1-4-11(12-6-5-9(2)8-15-12)14(17)13-7-10(3)18-16-13/h5-8,11H,4H2,1-3H3. The van der Waals surface area contributed by atoms with Gasteiger partial charge in [0.05, 0.1) is 11.6 Å². The van der Waals surface area contributed by atoms with E-state index < -0.39 is 0 Å². The summed E-state index contributed by atoms with van der Waals surface area (Å²) in [5.41, 5.74) is 2.24. The van der Waals surface area contributed by atoms with Crippen molar-refractivity contribution in [1.29, 1.82) is 0 Å². The largest absolute Gasteiger partial charge is 0.361 e. The van der Waals surface area contributed by atoms with Crippen LogP contribution in [0.5, 0.6) is 0 Å². The molecule has 0 aromatic carbocycles. The number of carbonyl (C=O) groups is 1. The molecule has 0 radical (unpaired) electrons. The van der Waals surface area contributed by atoms with Crippen molar-refractivity contribution in [2.24, 2.45) is 0 Å². The van der Waals surface area contributed by atoms with Crippen molar-refractivity contribution < 1.29 is 9.32 Å². The summed E-state index contributed by atoms with van der Waals surface area (Å²) < 4.78 is 4.94. The molecule has 2 rings (SSSR count). The van der Waals surface area contributed by atoms with Crippen LogP contribution in [-0.4, -0.2) is 15.9 Å². The molecule has 0 amide bonds. The van der Waals surface area contributed by atoms with Crippen LogP contribution in [0.15, 0.2) is 28.9 Å². The molecule has 0 saturated carbocycles. The number of pyridine rings is 1. The molecule has 0 saturated heterocycles. The predicted molar refractivity (Wildman–Crippen MR) is 67.6 cm³/mol. The van der Waals surface area contributed by atoms with Gasteiger partial charge in [0, 0.05) is 12.3 Å². The van der Waals surface area contributed by atoms with E-state index in [9.17, 15) is 4.79 Å². The van der Waals surface area contributed by atoms with E-state index in [-0.39, 0.29) is 11.7 Å². The fourth-order valence-electron chi connectivity index (χ4n) is 1.88. The fraction of sp³-hybridized carbons (Fsp3) is 0.357. The normalized spacial score (nSPS) is 12.4. The Morgan fingerprint density at radius 1 is 1.39 bits per heavy atom. The molecule has 1 atom stereocenters. The highest BCUT2D eigenvalue weighted by atomic mass is 16.5. The maximum absolute atomic E-state index is 12.3. The van der Waals surface area contributed by atoms with Crippen molar-refractivity contribution in [2.75, 3.05) is 0 Å². The van der Waals surface area contributed by atoms with Gasteiger partial charge in [-0.2, -0.15) is 0 Å². The van der Waals surface area contributed by atoms with Gasteiger partial charge in [0.2, 0.25) is 0 Å². The van der Waals surface area contributed by atoms with Crippen LogP contribution in [0.25, 0.3) is 0 Å². The van der Waals surface area contributed by atoms with Crippen LogP contribution >= 0.6 is 0 Å². The monoisotopic (exact) mass is 244 g/mol. The van der Waals surface area contributed by atoms with Crippen LogP contribution in [0.1, 0.15) is 46.8 Å². The minimum absolute atomic E-state index is 0.0364. The summed E-state index contributed by atoms with van der Waals surface area (Å²) in [4.78, 5) is 16.6. The van der Waals surface area contributed by atoms with Crippen molar-refractivity contribution in [3.05, 3.63) is 47.1 Å². The average Bonchev–Trinajstić information content (AvgIpc) is 2.79. The molecule has 0 aliphatic carbocycles. The van der Waals surface area contributed by atoms with E-state index in [2.05, 4.69) is 10.1 Å². The lowest BCUT2D eigenvalue weighted by atomic mass is 9.94. The number of nitrogens with zero attached hydrogens (tertiary/aromatic N) is 2. The topological polar surface area (TPSA) is 56.0 Å². The fourth-order valence-corrected chi connectivity index (χ4v) is 1.88. The summed E-state index contributed by atoms with van der Waals surface area (Å²) in [6.45, 7) is 5.71. The number of ketones is 1. The zero-order valence-electron chi connectivity index (χ0n) is 10.8. The van der Waals surface area contributed by atoms with E-state index >= 15 is 0 Å². The molecule has 18 heavy (non-hydrogen) atoms. The Morgan fingerprint density at radius 2 is 2.17 bits per heavy atom. The van der Waals surface area contributed by atoms with Crippen molar-refractivity contribution in [3.8, 4) is 0 Å². The molecule has 2 aromatic heterocycles. The molecule has 0 spiro atoms. The molecule has 0 bridgehead atoms. The number of aryl methyl sites for hydroxylation is 2. The quantitative estimate of drug-likeness (QED) is 0.775. The predicted octanol–water partition coefficient (Wildman–Crippen LogP) is 3.06. The molecule has 0 fully saturated rings. The Bertz CT molecular complexity index is 543. The number of hydrogen-bond acceptors (Lipinski definition) is 4. The lowest BCUT2D eigenvalue weighted by molar-refractivity contribution is 0.0946. The molecular formula is C14H16N2O2. The zero-order chi connectivity index (χ0) is 13.1. The van der Waals surface area contributed by atoms with E-state index in [1.165, 1.54) is 0 Å². The van der Waals surface area contributed by atoms with Gasteiger partial charge < -0.3 is 4.52 Å². The summed E-state index contributed by atoms with van der Waals surface area (Å²) in [6.07, 6.45) is 2.47. The van der Waals surface area contributed by atoms with E-state index in [1.54, 1.807) is 19.2 Å². The lowest BCUT2D eigenvalue weighted by Gasteiger charge is -2.11. The smallest absolute Gasteiger partial charge is 0.193 e. The number of rotatable bonds is 4. The average molecular weight is 244 g/mol. The first kappa shape index (κ1) is 12.5. The van der Waals surface area contributed by atoms with Crippen LogP contribution in [0.4, 0.5) is 0 Å². The summed E-state index contributed by atoms with van der Waals surface area (Å²) in [7, 11) is 0. The van der Waals surface area contributed by atoms with Crippen LogP contribution in [0.2, 0.25) is 0 Å². The van der Waals surface area contributed by atoms with Gasteiger partial charge in [-0.3, -0.25) is 9.78 Å². The highest BCUT2D eigenvalue weighted by Gasteiger charge is 2.24. The molecule has 2 heterocycles. The SMILES string of the molecule is CCC(C(=O)c1cc(C)on1)c1ccc(C)cn1. The Balaban J connectivity index is 2.28. The van der Waals surface area contributed by atoms with Crippen molar-refractivity contribution in [3.63, 3.8) is 0 Å². The summed E-state index contributed by atoms with van der Waals surface area (Å²) in [6, 6.07) is 5.53. The Morgan fingerprint density at radius 3 is 2.67 bits per heavy atom. The summed E-state index contributed by atoms with van der Waals surface area (Å²) >= 11 is 0. The number of Topliss-reactive ketones (excluding diaryl/α,β-unsaturated/α-hetero) is 1. The molecule has 2 aromatic rings. The second kappa shape index (κ2) is 5.12. The van der Waals surface area contributed by atoms with E-state index in [0.29, 0.717) is 17.9 Å². The molecular weight excluding hydrogens is 228 g/mol. The molecule has 0 N–H and O–H groups in total. The van der Waals surface area contributed by atoms with Gasteiger partial charge in [-0.1, -0.05) is 18.1 Å². The third-order valence-corrected chi connectivity index (χ3v) is 2.90. The molecule has 0 aliphatic rings. The third-order valence-electron chi connectivity index (χ3n) is 2.90. The highest BCUT2D eigenvalue weighted by Crippen LogP contribution is 2.22. The first-order valence-corrected chi connectivity index (χ1v) is 6.02. The summed E-state index contributed by atoms with van der Waals surface area (Å²) in [5.74, 6) is 0.353. The Hall–Kier alpha value is -1.97. The second-order valence-corrected chi connectivity index (χ2v) is 4.41. The van der Waals surface area contributed by atoms with Crippen molar-refractivity contribution in [1.82, 2.24) is 10.1 Å². The second-order valence-electron chi connectivity index (χ2n) is 4.41. The van der Waals surface area contributed by atoms with Gasteiger partial charge in [-0.05, 0) is 31.9 Å². The minimum Gasteiger partial charge on any atom is -0.361 e. The maximum Gasteiger partial charge on any atom is 0.193 e. The molecule has 94 valence electrons. The first-order chi connectivity index (χ1) is 8.61. The number of carbonyl (C=O) groups excluding carboxylic acids is 1. The van der Waals surface area contributed by atoms with Crippen molar-refractivity contribution >= 4 is 5.78 Å². The summed E-state index contributed by atoms with van der Waals surface area (Å²) in [5, 5.41) is 3.78. The Kier molecular flexibility index (Phi) is 3.55. The van der Waals surface area contributed by atoms with Gasteiger partial charge in [0.25, 0.3) is 0 Å². The molecule has 1 unspecified atom stereocenters. The van der Waals surface area contributed by atoms with Gasteiger partial charge in [0.15, 0.2) is 11.5 Å². The maximum atomic E-state index is 12.3. The third kappa shape index (κ3) is 2.47. The highest BCUT2D eigenvalue weighted by molar-refractivity contribution is 5.99. The first-order valence-electron chi connectivity index (χ1n) is 6.02. The van der Waals surface area contributed by atoms with E-state index in [0.717, 1.165) is 11.3 Å². The van der Waals surface area contributed by atoms with Gasteiger partial charge in [-0.25, -0.2) is 0 Å². The zero-order valence-corrected chi connectivity index (χ0v) is 10.8. The van der Waals surface area contributed by atoms with Gasteiger partial charge in [-0.15, -0.1) is 0 Å². The van der Waals surface area contributed by atoms with Gasteiger partial charge >= 0.3 is 0 Å². The van der Waals surface area contributed by atoms with Crippen LogP contribution in [0.3, 0.4) is 0 Å². The lowest BCUT2D eigenvalue weighted by Crippen LogP contribution is -2.14. The number of hydrogen-bond donors (Lipinski definition) is 0. The van der Waals surface area contributed by atoms with Crippen LogP contribution < -0.4 is 0 Å². The Labute approximate surface area is 106 Å². The molecule has 4 heteroatoms.